The molecule has 2 heterocycles. The number of amides is 1. The van der Waals surface area contributed by atoms with Gasteiger partial charge in [-0.05, 0) is 54.6 Å². The number of carbonyl (C=O) groups is 1. The van der Waals surface area contributed by atoms with Crippen LogP contribution in [0.1, 0.15) is 26.5 Å². The molecule has 1 amide bonds. The number of hydrogen-bond acceptors (Lipinski definition) is 4. The fraction of sp³-hybridized carbons (Fsp3) is 0.190. The van der Waals surface area contributed by atoms with Crippen LogP contribution in [0.4, 0.5) is 0 Å². The van der Waals surface area contributed by atoms with E-state index in [9.17, 15) is 4.79 Å². The fourth-order valence-electron chi connectivity index (χ4n) is 3.46. The molecule has 0 bridgehead atoms. The molecular weight excluding hydrogens is 358 g/mol. The molecule has 6 heteroatoms. The van der Waals surface area contributed by atoms with E-state index >= 15 is 0 Å². The van der Waals surface area contributed by atoms with E-state index in [1.165, 1.54) is 39.1 Å². The summed E-state index contributed by atoms with van der Waals surface area (Å²) < 4.78 is 1.04. The zero-order valence-corrected chi connectivity index (χ0v) is 15.8. The Bertz CT molecular complexity index is 1110. The largest absolute Gasteiger partial charge is 0.358 e. The summed E-state index contributed by atoms with van der Waals surface area (Å²) in [7, 11) is 0. The molecule has 0 aliphatic carbocycles. The van der Waals surface area contributed by atoms with Crippen molar-refractivity contribution in [3.63, 3.8) is 0 Å². The molecule has 0 spiro atoms. The molecule has 2 aromatic heterocycles. The van der Waals surface area contributed by atoms with E-state index in [0.29, 0.717) is 4.88 Å². The molecule has 4 aromatic rings. The number of fused-ring (bicyclic) bond motifs is 2. The maximum Gasteiger partial charge on any atom is 0.284 e. The van der Waals surface area contributed by atoms with Crippen LogP contribution >= 0.6 is 11.3 Å². The zero-order valence-electron chi connectivity index (χ0n) is 15.0. The lowest BCUT2D eigenvalue weighted by molar-refractivity contribution is 0.0711. The first-order valence-electron chi connectivity index (χ1n) is 8.89. The van der Waals surface area contributed by atoms with E-state index in [-0.39, 0.29) is 0 Å². The van der Waals surface area contributed by atoms with Gasteiger partial charge in [-0.3, -0.25) is 10.0 Å². The summed E-state index contributed by atoms with van der Waals surface area (Å²) in [6, 6.07) is 16.4. The Kier molecular flexibility index (Phi) is 4.94. The van der Waals surface area contributed by atoms with Gasteiger partial charge < -0.3 is 10.3 Å². The predicted octanol–water partition coefficient (Wildman–Crippen LogP) is 4.14. The molecular formula is C21H21N3O2S. The number of rotatable bonds is 6. The Labute approximate surface area is 161 Å². The van der Waals surface area contributed by atoms with Crippen molar-refractivity contribution in [3.8, 4) is 0 Å². The predicted molar refractivity (Wildman–Crippen MR) is 110 cm³/mol. The van der Waals surface area contributed by atoms with Crippen LogP contribution in [0.15, 0.2) is 48.5 Å². The summed E-state index contributed by atoms with van der Waals surface area (Å²) in [6.07, 6.45) is 0.970. The van der Waals surface area contributed by atoms with Gasteiger partial charge in [-0.1, -0.05) is 30.3 Å². The van der Waals surface area contributed by atoms with Crippen LogP contribution in [0.5, 0.6) is 0 Å². The third-order valence-corrected chi connectivity index (χ3v) is 5.91. The highest BCUT2D eigenvalue weighted by molar-refractivity contribution is 7.20. The number of aromatic nitrogens is 1. The van der Waals surface area contributed by atoms with Crippen molar-refractivity contribution in [1.82, 2.24) is 15.8 Å². The molecule has 2 aromatic carbocycles. The maximum atomic E-state index is 11.5. The molecule has 4 N–H and O–H groups in total. The second-order valence-electron chi connectivity index (χ2n) is 6.62. The van der Waals surface area contributed by atoms with Gasteiger partial charge in [0.2, 0.25) is 0 Å². The van der Waals surface area contributed by atoms with E-state index < -0.39 is 5.91 Å². The minimum Gasteiger partial charge on any atom is -0.358 e. The molecule has 0 saturated carbocycles. The quantitative estimate of drug-likeness (QED) is 0.231. The number of hydrogen-bond donors (Lipinski definition) is 4. The van der Waals surface area contributed by atoms with Crippen LogP contribution in [0, 0.1) is 6.92 Å². The molecule has 0 fully saturated rings. The number of hydroxylamine groups is 1. The van der Waals surface area contributed by atoms with Crippen molar-refractivity contribution in [2.75, 3.05) is 6.54 Å². The number of thiophene rings is 1. The summed E-state index contributed by atoms with van der Waals surface area (Å²) in [5, 5.41) is 14.6. The Balaban J connectivity index is 1.40. The van der Waals surface area contributed by atoms with Crippen LogP contribution in [0.2, 0.25) is 0 Å². The van der Waals surface area contributed by atoms with E-state index in [0.717, 1.165) is 29.6 Å². The van der Waals surface area contributed by atoms with Crippen LogP contribution in [0.25, 0.3) is 21.0 Å². The number of benzene rings is 2. The van der Waals surface area contributed by atoms with Crippen molar-refractivity contribution in [3.05, 3.63) is 70.2 Å². The van der Waals surface area contributed by atoms with Gasteiger partial charge in [0, 0.05) is 27.8 Å². The van der Waals surface area contributed by atoms with Gasteiger partial charge in [0.1, 0.15) is 0 Å². The monoisotopic (exact) mass is 379 g/mol. The average Bonchev–Trinajstić information content (AvgIpc) is 3.24. The number of aryl methyl sites for hydroxylation is 1. The Morgan fingerprint density at radius 3 is 2.89 bits per heavy atom. The Morgan fingerprint density at radius 2 is 2.04 bits per heavy atom. The van der Waals surface area contributed by atoms with Gasteiger partial charge in [-0.2, -0.15) is 0 Å². The van der Waals surface area contributed by atoms with Crippen molar-refractivity contribution in [2.45, 2.75) is 19.9 Å². The second-order valence-corrected chi connectivity index (χ2v) is 7.71. The number of H-pyrrole nitrogens is 1. The van der Waals surface area contributed by atoms with E-state index in [1.807, 2.05) is 6.07 Å². The molecule has 27 heavy (non-hydrogen) atoms. The zero-order chi connectivity index (χ0) is 18.8. The molecule has 0 radical (unpaired) electrons. The number of carbonyl (C=O) groups excluding carboxylic acids is 1. The van der Waals surface area contributed by atoms with Crippen molar-refractivity contribution >= 4 is 38.2 Å². The number of para-hydroxylation sites is 1. The summed E-state index contributed by atoms with van der Waals surface area (Å²) in [4.78, 5) is 15.5. The van der Waals surface area contributed by atoms with Gasteiger partial charge >= 0.3 is 0 Å². The highest BCUT2D eigenvalue weighted by Crippen LogP contribution is 2.27. The molecule has 138 valence electrons. The first kappa shape index (κ1) is 17.7. The van der Waals surface area contributed by atoms with Crippen molar-refractivity contribution < 1.29 is 10.0 Å². The van der Waals surface area contributed by atoms with Gasteiger partial charge in [0.25, 0.3) is 5.91 Å². The van der Waals surface area contributed by atoms with Crippen molar-refractivity contribution in [2.24, 2.45) is 0 Å². The third kappa shape index (κ3) is 3.60. The lowest BCUT2D eigenvalue weighted by Crippen LogP contribution is -2.16. The molecule has 5 nitrogen and oxygen atoms in total. The van der Waals surface area contributed by atoms with Gasteiger partial charge in [-0.15, -0.1) is 11.3 Å². The Hall–Kier alpha value is -2.67. The highest BCUT2D eigenvalue weighted by atomic mass is 32.1. The van der Waals surface area contributed by atoms with Crippen LogP contribution in [0.3, 0.4) is 0 Å². The van der Waals surface area contributed by atoms with Crippen LogP contribution in [-0.2, 0) is 13.0 Å². The standard InChI is InChI=1S/C21H21N3O2S/c1-13-16(17-4-2-3-5-18(17)23-13)8-9-22-12-14-6-7-15-11-20(21(25)24-26)27-19(15)10-14/h2-7,10-11,22-23,26H,8-9,12H2,1H3,(H,24,25). The minimum absolute atomic E-state index is 0.468. The molecule has 0 unspecified atom stereocenters. The molecule has 0 atom stereocenters. The normalized spacial score (nSPS) is 11.3. The third-order valence-electron chi connectivity index (χ3n) is 4.82. The van der Waals surface area contributed by atoms with E-state index in [2.05, 4.69) is 53.6 Å². The SMILES string of the molecule is Cc1[nH]c2ccccc2c1CCNCc1ccc2cc(C(=O)NO)sc2c1. The molecule has 4 rings (SSSR count). The molecule has 0 aliphatic rings. The van der Waals surface area contributed by atoms with Gasteiger partial charge in [-0.25, -0.2) is 5.48 Å². The van der Waals surface area contributed by atoms with Gasteiger partial charge in [0.05, 0.1) is 4.88 Å². The van der Waals surface area contributed by atoms with Crippen LogP contribution in [-0.4, -0.2) is 22.6 Å². The van der Waals surface area contributed by atoms with E-state index in [4.69, 9.17) is 5.21 Å². The molecule has 0 aliphatic heterocycles. The summed E-state index contributed by atoms with van der Waals surface area (Å²) in [6.45, 7) is 3.79. The smallest absolute Gasteiger partial charge is 0.284 e. The Morgan fingerprint density at radius 1 is 1.19 bits per heavy atom. The fourth-order valence-corrected chi connectivity index (χ4v) is 4.47. The van der Waals surface area contributed by atoms with Crippen LogP contribution < -0.4 is 10.8 Å². The lowest BCUT2D eigenvalue weighted by atomic mass is 10.1. The van der Waals surface area contributed by atoms with Gasteiger partial charge in [0.15, 0.2) is 0 Å². The highest BCUT2D eigenvalue weighted by Gasteiger charge is 2.10. The topological polar surface area (TPSA) is 77.2 Å². The molecule has 0 saturated heterocycles. The van der Waals surface area contributed by atoms with E-state index in [1.54, 1.807) is 11.5 Å². The number of nitrogens with one attached hydrogen (secondary N) is 3. The number of aromatic amines is 1. The summed E-state index contributed by atoms with van der Waals surface area (Å²) in [5.74, 6) is -0.468. The van der Waals surface area contributed by atoms with Crippen molar-refractivity contribution in [1.29, 1.82) is 0 Å². The second kappa shape index (κ2) is 7.52. The lowest BCUT2D eigenvalue weighted by Gasteiger charge is -2.06. The summed E-state index contributed by atoms with van der Waals surface area (Å²) in [5.41, 5.74) is 6.65. The maximum absolute atomic E-state index is 11.5. The first-order chi connectivity index (χ1) is 13.2. The summed E-state index contributed by atoms with van der Waals surface area (Å²) >= 11 is 1.38. The minimum atomic E-state index is -0.468. The first-order valence-corrected chi connectivity index (χ1v) is 9.71. The average molecular weight is 379 g/mol.